The van der Waals surface area contributed by atoms with E-state index in [0.29, 0.717) is 10.9 Å². The van der Waals surface area contributed by atoms with Crippen molar-refractivity contribution < 1.29 is 5.11 Å². The lowest BCUT2D eigenvalue weighted by Crippen LogP contribution is -2.10. The van der Waals surface area contributed by atoms with Crippen LogP contribution in [-0.4, -0.2) is 10.1 Å². The molecule has 0 radical (unpaired) electrons. The number of nitrogens with zero attached hydrogens (tertiary/aromatic N) is 1. The van der Waals surface area contributed by atoms with Gasteiger partial charge in [-0.3, -0.25) is 4.98 Å². The quantitative estimate of drug-likeness (QED) is 0.790. The Kier molecular flexibility index (Phi) is 2.05. The number of hydrogen-bond acceptors (Lipinski definition) is 2. The summed E-state index contributed by atoms with van der Waals surface area (Å²) in [4.78, 5) is 4.13. The molecule has 70 valence electrons. The van der Waals surface area contributed by atoms with Gasteiger partial charge in [0, 0.05) is 6.20 Å². The molecule has 0 aliphatic heterocycles. The largest absolute Gasteiger partial charge is 0.383 e. The van der Waals surface area contributed by atoms with Crippen LogP contribution in [0.3, 0.4) is 0 Å². The van der Waals surface area contributed by atoms with E-state index in [1.54, 1.807) is 18.3 Å². The molecule has 3 heteroatoms. The summed E-state index contributed by atoms with van der Waals surface area (Å²) >= 11 is 5.71. The third-order valence-electron chi connectivity index (χ3n) is 2.74. The highest BCUT2D eigenvalue weighted by molar-refractivity contribution is 6.30. The molecule has 13 heavy (non-hydrogen) atoms. The average Bonchev–Trinajstić information content (AvgIpc) is 2.80. The van der Waals surface area contributed by atoms with E-state index in [9.17, 15) is 5.11 Å². The van der Waals surface area contributed by atoms with Crippen LogP contribution in [-0.2, 0) is 5.60 Å². The van der Waals surface area contributed by atoms with Gasteiger partial charge in [-0.25, -0.2) is 0 Å². The Labute approximate surface area is 82.6 Å². The van der Waals surface area contributed by atoms with E-state index in [1.165, 1.54) is 0 Å². The van der Waals surface area contributed by atoms with E-state index in [-0.39, 0.29) is 0 Å². The second-order valence-corrected chi connectivity index (χ2v) is 4.03. The fraction of sp³-hybridized carbons (Fsp3) is 0.500. The van der Waals surface area contributed by atoms with Crippen LogP contribution >= 0.6 is 11.6 Å². The van der Waals surface area contributed by atoms with E-state index < -0.39 is 5.60 Å². The normalized spacial score (nSPS) is 31.8. The molecule has 2 atom stereocenters. The molecule has 0 saturated heterocycles. The number of pyridine rings is 1. The van der Waals surface area contributed by atoms with E-state index in [1.807, 2.05) is 0 Å². The zero-order valence-electron chi connectivity index (χ0n) is 7.50. The SMILES string of the molecule is CCC1CC1(O)c1ccc(Cl)cn1. The Bertz CT molecular complexity index is 311. The first-order valence-electron chi connectivity index (χ1n) is 4.51. The fourth-order valence-corrected chi connectivity index (χ4v) is 1.86. The van der Waals surface area contributed by atoms with E-state index in [0.717, 1.165) is 18.5 Å². The maximum absolute atomic E-state index is 10.0. The predicted octanol–water partition coefficient (Wildman–Crippen LogP) is 2.35. The fourth-order valence-electron chi connectivity index (χ4n) is 1.74. The monoisotopic (exact) mass is 197 g/mol. The molecule has 0 aromatic carbocycles. The topological polar surface area (TPSA) is 33.1 Å². The van der Waals surface area contributed by atoms with Crippen molar-refractivity contribution >= 4 is 11.6 Å². The number of aromatic nitrogens is 1. The Balaban J connectivity index is 2.23. The van der Waals surface area contributed by atoms with Crippen molar-refractivity contribution in [3.63, 3.8) is 0 Å². The summed E-state index contributed by atoms with van der Waals surface area (Å²) in [6.45, 7) is 2.08. The maximum atomic E-state index is 10.0. The lowest BCUT2D eigenvalue weighted by molar-refractivity contribution is 0.125. The Morgan fingerprint density at radius 3 is 2.92 bits per heavy atom. The highest BCUT2D eigenvalue weighted by atomic mass is 35.5. The van der Waals surface area contributed by atoms with Crippen LogP contribution in [0.5, 0.6) is 0 Å². The number of rotatable bonds is 2. The minimum Gasteiger partial charge on any atom is -0.383 e. The summed E-state index contributed by atoms with van der Waals surface area (Å²) in [5.41, 5.74) is 0.0861. The van der Waals surface area contributed by atoms with Crippen molar-refractivity contribution in [1.29, 1.82) is 0 Å². The van der Waals surface area contributed by atoms with Gasteiger partial charge < -0.3 is 5.11 Å². The highest BCUT2D eigenvalue weighted by Crippen LogP contribution is 2.52. The third-order valence-corrected chi connectivity index (χ3v) is 2.96. The Hall–Kier alpha value is -0.600. The second-order valence-electron chi connectivity index (χ2n) is 3.60. The van der Waals surface area contributed by atoms with Crippen LogP contribution in [0.2, 0.25) is 5.02 Å². The lowest BCUT2D eigenvalue weighted by Gasteiger charge is -2.08. The summed E-state index contributed by atoms with van der Waals surface area (Å²) in [6.07, 6.45) is 3.42. The van der Waals surface area contributed by atoms with E-state index in [4.69, 9.17) is 11.6 Å². The van der Waals surface area contributed by atoms with Crippen molar-refractivity contribution in [2.75, 3.05) is 0 Å². The molecule has 1 saturated carbocycles. The molecule has 1 heterocycles. The van der Waals surface area contributed by atoms with Gasteiger partial charge in [-0.1, -0.05) is 24.9 Å². The number of halogens is 1. The van der Waals surface area contributed by atoms with Gasteiger partial charge in [0.2, 0.25) is 0 Å². The minimum absolute atomic E-state index is 0.376. The molecule has 1 aliphatic rings. The maximum Gasteiger partial charge on any atom is 0.110 e. The van der Waals surface area contributed by atoms with E-state index >= 15 is 0 Å². The van der Waals surface area contributed by atoms with Gasteiger partial charge in [-0.05, 0) is 24.5 Å². The molecule has 0 amide bonds. The smallest absolute Gasteiger partial charge is 0.110 e. The molecule has 2 nitrogen and oxygen atoms in total. The van der Waals surface area contributed by atoms with Crippen LogP contribution in [0.4, 0.5) is 0 Å². The van der Waals surface area contributed by atoms with Crippen molar-refractivity contribution in [2.45, 2.75) is 25.4 Å². The molecular formula is C10H12ClNO. The van der Waals surface area contributed by atoms with Gasteiger partial charge in [0.05, 0.1) is 10.7 Å². The zero-order chi connectivity index (χ0) is 9.47. The zero-order valence-corrected chi connectivity index (χ0v) is 8.25. The van der Waals surface area contributed by atoms with Crippen molar-refractivity contribution in [3.05, 3.63) is 29.0 Å². The van der Waals surface area contributed by atoms with Gasteiger partial charge in [0.25, 0.3) is 0 Å². The molecule has 1 fully saturated rings. The summed E-state index contributed by atoms with van der Waals surface area (Å²) in [5.74, 6) is 0.376. The average molecular weight is 198 g/mol. The third kappa shape index (κ3) is 1.45. The lowest BCUT2D eigenvalue weighted by atomic mass is 10.1. The van der Waals surface area contributed by atoms with E-state index in [2.05, 4.69) is 11.9 Å². The molecule has 2 unspecified atom stereocenters. The van der Waals surface area contributed by atoms with Gasteiger partial charge in [0.1, 0.15) is 5.60 Å². The Morgan fingerprint density at radius 1 is 1.69 bits per heavy atom. The first-order valence-corrected chi connectivity index (χ1v) is 4.89. The van der Waals surface area contributed by atoms with Crippen molar-refractivity contribution in [3.8, 4) is 0 Å². The van der Waals surface area contributed by atoms with Crippen molar-refractivity contribution in [1.82, 2.24) is 4.98 Å². The molecular weight excluding hydrogens is 186 g/mol. The molecule has 1 N–H and O–H groups in total. The van der Waals surface area contributed by atoms with Crippen LogP contribution in [0.15, 0.2) is 18.3 Å². The molecule has 1 aromatic heterocycles. The number of aliphatic hydroxyl groups is 1. The highest BCUT2D eigenvalue weighted by Gasteiger charge is 2.53. The predicted molar refractivity (Wildman–Crippen MR) is 51.5 cm³/mol. The molecule has 0 spiro atoms. The van der Waals surface area contributed by atoms with Crippen LogP contribution < -0.4 is 0 Å². The first kappa shape index (κ1) is 8.97. The number of hydrogen-bond donors (Lipinski definition) is 1. The van der Waals surface area contributed by atoms with Gasteiger partial charge in [-0.2, -0.15) is 0 Å². The summed E-state index contributed by atoms with van der Waals surface area (Å²) < 4.78 is 0. The van der Waals surface area contributed by atoms with Gasteiger partial charge in [0.15, 0.2) is 0 Å². The summed E-state index contributed by atoms with van der Waals surface area (Å²) in [5, 5.41) is 10.7. The molecule has 1 aromatic rings. The minimum atomic E-state index is -0.667. The van der Waals surface area contributed by atoms with Crippen LogP contribution in [0, 0.1) is 5.92 Å². The Morgan fingerprint density at radius 2 is 2.46 bits per heavy atom. The van der Waals surface area contributed by atoms with Gasteiger partial charge >= 0.3 is 0 Å². The molecule has 0 bridgehead atoms. The standard InChI is InChI=1S/C10H12ClNO/c1-2-7-5-10(7,13)9-4-3-8(11)6-12-9/h3-4,6-7,13H,2,5H2,1H3. The second kappa shape index (κ2) is 2.96. The summed E-state index contributed by atoms with van der Waals surface area (Å²) in [6, 6.07) is 3.57. The first-order chi connectivity index (χ1) is 6.16. The van der Waals surface area contributed by atoms with Crippen molar-refractivity contribution in [2.24, 2.45) is 5.92 Å². The molecule has 1 aliphatic carbocycles. The van der Waals surface area contributed by atoms with Gasteiger partial charge in [-0.15, -0.1) is 0 Å². The van der Waals surface area contributed by atoms with Crippen LogP contribution in [0.1, 0.15) is 25.5 Å². The molecule has 2 rings (SSSR count). The summed E-state index contributed by atoms with van der Waals surface area (Å²) in [7, 11) is 0. The van der Waals surface area contributed by atoms with Crippen LogP contribution in [0.25, 0.3) is 0 Å².